The van der Waals surface area contributed by atoms with Gasteiger partial charge in [-0.15, -0.1) is 0 Å². The van der Waals surface area contributed by atoms with E-state index in [2.05, 4.69) is 17.6 Å². The van der Waals surface area contributed by atoms with Crippen LogP contribution in [-0.4, -0.2) is 22.9 Å². The molecule has 1 atom stereocenters. The van der Waals surface area contributed by atoms with Crippen LogP contribution in [0.2, 0.25) is 5.02 Å². The zero-order chi connectivity index (χ0) is 18.3. The third-order valence-electron chi connectivity index (χ3n) is 3.88. The molecule has 4 rings (SSSR count). The number of hydrogen-bond donors (Lipinski definition) is 2. The summed E-state index contributed by atoms with van der Waals surface area (Å²) in [6, 6.07) is 12.4. The largest absolute Gasteiger partial charge is 0.480 e. The van der Waals surface area contributed by atoms with Crippen molar-refractivity contribution in [2.45, 2.75) is 5.25 Å². The van der Waals surface area contributed by atoms with E-state index in [0.29, 0.717) is 39.1 Å². The third kappa shape index (κ3) is 2.89. The first-order chi connectivity index (χ1) is 12.5. The lowest BCUT2D eigenvalue weighted by atomic mass is 10.1. The lowest BCUT2D eigenvalue weighted by Crippen LogP contribution is -2.05. The van der Waals surface area contributed by atoms with E-state index in [1.807, 2.05) is 6.07 Å². The Balaban J connectivity index is 1.90. The van der Waals surface area contributed by atoms with Crippen LogP contribution in [0.5, 0.6) is 11.5 Å². The topological polar surface area (TPSA) is 81.8 Å². The maximum atomic E-state index is 11.3. The van der Waals surface area contributed by atoms with Crippen molar-refractivity contribution in [2.24, 2.45) is 0 Å². The third-order valence-corrected chi connectivity index (χ3v) is 4.65. The molecule has 3 aromatic rings. The van der Waals surface area contributed by atoms with Crippen molar-refractivity contribution < 1.29 is 23.8 Å². The monoisotopic (exact) mass is 389 g/mol. The highest BCUT2D eigenvalue weighted by molar-refractivity contribution is 7.81. The van der Waals surface area contributed by atoms with Gasteiger partial charge in [-0.2, -0.15) is 12.6 Å². The molecule has 26 heavy (non-hydrogen) atoms. The number of carbonyl (C=O) groups is 1. The lowest BCUT2D eigenvalue weighted by molar-refractivity contribution is -0.136. The molecule has 0 saturated carbocycles. The van der Waals surface area contributed by atoms with Crippen LogP contribution in [0.4, 0.5) is 0 Å². The first-order valence-electron chi connectivity index (χ1n) is 7.61. The number of carboxylic acid groups (broad SMARTS) is 1. The summed E-state index contributed by atoms with van der Waals surface area (Å²) in [5.74, 6) is 0.401. The Kier molecular flexibility index (Phi) is 4.26. The summed E-state index contributed by atoms with van der Waals surface area (Å²) in [4.78, 5) is 15.6. The fourth-order valence-electron chi connectivity index (χ4n) is 2.63. The molecule has 2 heterocycles. The van der Waals surface area contributed by atoms with E-state index >= 15 is 0 Å². The molecule has 1 N–H and O–H groups in total. The minimum atomic E-state index is -1.20. The summed E-state index contributed by atoms with van der Waals surface area (Å²) >= 11 is 10.4. The normalized spacial score (nSPS) is 13.6. The molecule has 2 aromatic carbocycles. The van der Waals surface area contributed by atoms with Crippen LogP contribution in [0.25, 0.3) is 22.6 Å². The predicted molar refractivity (Wildman–Crippen MR) is 97.9 cm³/mol. The average molecular weight is 390 g/mol. The van der Waals surface area contributed by atoms with E-state index in [4.69, 9.17) is 25.5 Å². The van der Waals surface area contributed by atoms with E-state index in [1.54, 1.807) is 36.4 Å². The van der Waals surface area contributed by atoms with Crippen molar-refractivity contribution in [3.05, 3.63) is 53.4 Å². The van der Waals surface area contributed by atoms with Crippen LogP contribution in [0.1, 0.15) is 11.1 Å². The zero-order valence-electron chi connectivity index (χ0n) is 13.2. The molecule has 0 saturated heterocycles. The molecular weight excluding hydrogens is 378 g/mol. The number of nitrogens with zero attached hydrogens (tertiary/aromatic N) is 1. The van der Waals surface area contributed by atoms with Gasteiger partial charge in [0.15, 0.2) is 22.5 Å². The van der Waals surface area contributed by atoms with Gasteiger partial charge in [-0.1, -0.05) is 23.7 Å². The molecule has 6 nitrogen and oxygen atoms in total. The maximum absolute atomic E-state index is 11.3. The number of hydrogen-bond acceptors (Lipinski definition) is 6. The van der Waals surface area contributed by atoms with Gasteiger partial charge in [-0.05, 0) is 30.3 Å². The summed E-state index contributed by atoms with van der Waals surface area (Å²) in [6.45, 7) is 0.151. The second kappa shape index (κ2) is 6.59. The van der Waals surface area contributed by atoms with Gasteiger partial charge in [0, 0.05) is 11.1 Å². The fourth-order valence-corrected chi connectivity index (χ4v) is 2.96. The minimum absolute atomic E-state index is 0.0246. The van der Waals surface area contributed by atoms with Gasteiger partial charge in [-0.3, -0.25) is 4.79 Å². The first kappa shape index (κ1) is 16.8. The zero-order valence-corrected chi connectivity index (χ0v) is 14.8. The van der Waals surface area contributed by atoms with Crippen LogP contribution in [0, 0.1) is 0 Å². The highest BCUT2D eigenvalue weighted by Gasteiger charge is 2.27. The second-order valence-electron chi connectivity index (χ2n) is 5.52. The number of aliphatic carboxylic acids is 1. The van der Waals surface area contributed by atoms with Gasteiger partial charge in [0.2, 0.25) is 12.7 Å². The number of aromatic nitrogens is 1. The SMILES string of the molecule is O=C(O)C(S)c1nc(-c2ccc3c(c2)OCO3)c(-c2ccccc2Cl)o1. The standard InChI is InChI=1S/C18H12ClNO5S/c19-11-4-2-1-3-10(11)15-14(20-17(25-15)16(26)18(21)22)9-5-6-12-13(7-9)24-8-23-12/h1-7,16,26H,8H2,(H,21,22). The number of ether oxygens (including phenoxy) is 2. The molecule has 0 aliphatic carbocycles. The highest BCUT2D eigenvalue weighted by Crippen LogP contribution is 2.41. The Morgan fingerprint density at radius 1 is 1.19 bits per heavy atom. The van der Waals surface area contributed by atoms with E-state index in [9.17, 15) is 9.90 Å². The molecule has 0 spiro atoms. The quantitative estimate of drug-likeness (QED) is 0.642. The summed E-state index contributed by atoms with van der Waals surface area (Å²) < 4.78 is 16.5. The Labute approximate surface area is 158 Å². The van der Waals surface area contributed by atoms with E-state index in [1.165, 1.54) is 0 Å². The van der Waals surface area contributed by atoms with Crippen molar-refractivity contribution in [3.63, 3.8) is 0 Å². The van der Waals surface area contributed by atoms with E-state index in [-0.39, 0.29) is 12.7 Å². The number of oxazole rings is 1. The molecule has 0 fully saturated rings. The van der Waals surface area contributed by atoms with Crippen LogP contribution >= 0.6 is 24.2 Å². The molecule has 132 valence electrons. The first-order valence-corrected chi connectivity index (χ1v) is 8.50. The van der Waals surface area contributed by atoms with Gasteiger partial charge < -0.3 is 19.0 Å². The Hall–Kier alpha value is -2.64. The Morgan fingerprint density at radius 2 is 1.96 bits per heavy atom. The molecule has 1 aliphatic rings. The summed E-state index contributed by atoms with van der Waals surface area (Å²) in [6.07, 6.45) is 0. The van der Waals surface area contributed by atoms with Crippen molar-refractivity contribution in [3.8, 4) is 34.1 Å². The summed E-state index contributed by atoms with van der Waals surface area (Å²) in [7, 11) is 0. The van der Waals surface area contributed by atoms with Crippen LogP contribution in [-0.2, 0) is 4.79 Å². The van der Waals surface area contributed by atoms with Crippen molar-refractivity contribution >= 4 is 30.2 Å². The van der Waals surface area contributed by atoms with Gasteiger partial charge in [0.1, 0.15) is 5.69 Å². The highest BCUT2D eigenvalue weighted by atomic mass is 35.5. The van der Waals surface area contributed by atoms with E-state index in [0.717, 1.165) is 0 Å². The Morgan fingerprint density at radius 3 is 2.73 bits per heavy atom. The Bertz CT molecular complexity index is 1000. The van der Waals surface area contributed by atoms with Gasteiger partial charge >= 0.3 is 5.97 Å². The molecule has 0 bridgehead atoms. The number of fused-ring (bicyclic) bond motifs is 1. The molecular formula is C18H12ClNO5S. The number of rotatable bonds is 4. The van der Waals surface area contributed by atoms with Gasteiger partial charge in [0.05, 0.1) is 5.02 Å². The molecule has 0 radical (unpaired) electrons. The van der Waals surface area contributed by atoms with Gasteiger partial charge in [-0.25, -0.2) is 4.98 Å². The second-order valence-corrected chi connectivity index (χ2v) is 6.44. The van der Waals surface area contributed by atoms with Crippen LogP contribution in [0.3, 0.4) is 0 Å². The lowest BCUT2D eigenvalue weighted by Gasteiger charge is -2.04. The number of carboxylic acids is 1. The van der Waals surface area contributed by atoms with E-state index < -0.39 is 11.2 Å². The fraction of sp³-hybridized carbons (Fsp3) is 0.111. The molecule has 8 heteroatoms. The number of thiol groups is 1. The smallest absolute Gasteiger partial charge is 0.325 e. The maximum Gasteiger partial charge on any atom is 0.325 e. The summed E-state index contributed by atoms with van der Waals surface area (Å²) in [5.41, 5.74) is 1.74. The number of benzene rings is 2. The molecule has 1 aromatic heterocycles. The van der Waals surface area contributed by atoms with Crippen LogP contribution < -0.4 is 9.47 Å². The minimum Gasteiger partial charge on any atom is -0.480 e. The molecule has 1 unspecified atom stereocenters. The number of halogens is 1. The molecule has 0 amide bonds. The van der Waals surface area contributed by atoms with Gasteiger partial charge in [0.25, 0.3) is 0 Å². The van der Waals surface area contributed by atoms with Crippen LogP contribution in [0.15, 0.2) is 46.9 Å². The van der Waals surface area contributed by atoms with Crippen molar-refractivity contribution in [1.82, 2.24) is 4.98 Å². The molecule has 1 aliphatic heterocycles. The van der Waals surface area contributed by atoms with Crippen molar-refractivity contribution in [1.29, 1.82) is 0 Å². The predicted octanol–water partition coefficient (Wildman–Crippen LogP) is 4.45. The summed E-state index contributed by atoms with van der Waals surface area (Å²) in [5, 5.41) is 8.49. The average Bonchev–Trinajstić information content (AvgIpc) is 3.27. The van der Waals surface area contributed by atoms with Crippen molar-refractivity contribution in [2.75, 3.05) is 6.79 Å².